The van der Waals surface area contributed by atoms with E-state index in [-0.39, 0.29) is 16.2 Å². The molecule has 1 heterocycles. The van der Waals surface area contributed by atoms with Crippen LogP contribution in [0.2, 0.25) is 0 Å². The van der Waals surface area contributed by atoms with Crippen molar-refractivity contribution < 1.29 is 18.0 Å². The fourth-order valence-electron chi connectivity index (χ4n) is 0.887. The highest BCUT2D eigenvalue weighted by Gasteiger charge is 2.35. The molecule has 1 amide bonds. The predicted octanol–water partition coefficient (Wildman–Crippen LogP) is 3.04. The molecule has 16 heavy (non-hydrogen) atoms. The number of carbonyl (C=O) groups is 1. The van der Waals surface area contributed by atoms with Crippen molar-refractivity contribution in [1.82, 2.24) is 4.98 Å². The zero-order valence-corrected chi connectivity index (χ0v) is 9.95. The third-order valence-corrected chi connectivity index (χ3v) is 2.39. The molecule has 0 aromatic carbocycles. The number of hydrogen-bond acceptors (Lipinski definition) is 2. The van der Waals surface area contributed by atoms with E-state index in [1.54, 1.807) is 0 Å². The van der Waals surface area contributed by atoms with Crippen LogP contribution >= 0.6 is 27.5 Å². The maximum absolute atomic E-state index is 12.4. The molecular weight excluding hydrogens is 312 g/mol. The third-order valence-electron chi connectivity index (χ3n) is 1.50. The van der Waals surface area contributed by atoms with Crippen molar-refractivity contribution in [3.8, 4) is 0 Å². The molecule has 1 aromatic heterocycles. The van der Waals surface area contributed by atoms with Crippen molar-refractivity contribution in [3.05, 3.63) is 22.3 Å². The Morgan fingerprint density at radius 1 is 1.50 bits per heavy atom. The molecule has 0 spiro atoms. The minimum absolute atomic E-state index is 0.191. The highest BCUT2D eigenvalue weighted by Crippen LogP contribution is 2.33. The molecule has 0 atom stereocenters. The Hall–Kier alpha value is -0.820. The van der Waals surface area contributed by atoms with E-state index in [1.807, 2.05) is 0 Å². The van der Waals surface area contributed by atoms with Crippen LogP contribution in [0.4, 0.5) is 19.0 Å². The van der Waals surface area contributed by atoms with Crippen LogP contribution in [0, 0.1) is 0 Å². The number of nitrogens with zero attached hydrogens (tertiary/aromatic N) is 1. The molecule has 0 radical (unpaired) electrons. The molecule has 88 valence electrons. The fraction of sp³-hybridized carbons (Fsp3) is 0.250. The summed E-state index contributed by atoms with van der Waals surface area (Å²) in [7, 11) is 0. The van der Waals surface area contributed by atoms with E-state index >= 15 is 0 Å². The maximum Gasteiger partial charge on any atom is 0.434 e. The van der Waals surface area contributed by atoms with Crippen molar-refractivity contribution in [2.24, 2.45) is 0 Å². The monoisotopic (exact) mass is 316 g/mol. The van der Waals surface area contributed by atoms with E-state index in [4.69, 9.17) is 11.6 Å². The molecule has 0 aliphatic heterocycles. The average Bonchev–Trinajstić information content (AvgIpc) is 2.19. The standard InChI is InChI=1S/C8H5BrClF3N2O/c9-4-1-2-5(14-6(16)3-10)15-7(4)8(11,12)13/h1-2H,3H2,(H,14,15,16). The fourth-order valence-corrected chi connectivity index (χ4v) is 1.40. The van der Waals surface area contributed by atoms with Gasteiger partial charge in [0, 0.05) is 4.47 Å². The van der Waals surface area contributed by atoms with Gasteiger partial charge in [0.05, 0.1) is 0 Å². The van der Waals surface area contributed by atoms with E-state index in [1.165, 1.54) is 6.07 Å². The van der Waals surface area contributed by atoms with Gasteiger partial charge in [0.25, 0.3) is 0 Å². The van der Waals surface area contributed by atoms with E-state index in [0.29, 0.717) is 0 Å². The summed E-state index contributed by atoms with van der Waals surface area (Å²) >= 11 is 7.92. The van der Waals surface area contributed by atoms with E-state index < -0.39 is 17.8 Å². The Labute approximate surface area is 102 Å². The van der Waals surface area contributed by atoms with Crippen LogP contribution in [-0.2, 0) is 11.0 Å². The predicted molar refractivity (Wildman–Crippen MR) is 56.3 cm³/mol. The van der Waals surface area contributed by atoms with Gasteiger partial charge in [0.1, 0.15) is 11.7 Å². The Morgan fingerprint density at radius 3 is 2.62 bits per heavy atom. The van der Waals surface area contributed by atoms with Crippen LogP contribution in [0.25, 0.3) is 0 Å². The number of halogens is 5. The molecule has 0 saturated carbocycles. The van der Waals surface area contributed by atoms with Gasteiger partial charge in [-0.25, -0.2) is 4.98 Å². The number of nitrogens with one attached hydrogen (secondary N) is 1. The van der Waals surface area contributed by atoms with Crippen LogP contribution in [0.15, 0.2) is 16.6 Å². The zero-order valence-electron chi connectivity index (χ0n) is 7.61. The van der Waals surface area contributed by atoms with Crippen molar-refractivity contribution in [3.63, 3.8) is 0 Å². The smallest absolute Gasteiger partial charge is 0.310 e. The molecular formula is C8H5BrClF3N2O. The highest BCUT2D eigenvalue weighted by atomic mass is 79.9. The van der Waals surface area contributed by atoms with Crippen molar-refractivity contribution in [2.45, 2.75) is 6.18 Å². The van der Waals surface area contributed by atoms with Gasteiger partial charge in [-0.05, 0) is 28.1 Å². The third kappa shape index (κ3) is 3.34. The lowest BCUT2D eigenvalue weighted by molar-refractivity contribution is -0.141. The summed E-state index contributed by atoms with van der Waals surface area (Å²) in [6.45, 7) is 0. The number of anilines is 1. The summed E-state index contributed by atoms with van der Waals surface area (Å²) in [6.07, 6.45) is -4.58. The van der Waals surface area contributed by atoms with Crippen LogP contribution < -0.4 is 5.32 Å². The van der Waals surface area contributed by atoms with Gasteiger partial charge in [-0.15, -0.1) is 11.6 Å². The zero-order chi connectivity index (χ0) is 12.3. The Bertz CT molecular complexity index is 411. The van der Waals surface area contributed by atoms with Gasteiger partial charge in [0.15, 0.2) is 5.69 Å². The van der Waals surface area contributed by atoms with Gasteiger partial charge in [-0.2, -0.15) is 13.2 Å². The summed E-state index contributed by atoms with van der Waals surface area (Å²) in [6, 6.07) is 2.39. The number of hydrogen-bond donors (Lipinski definition) is 1. The lowest BCUT2D eigenvalue weighted by Gasteiger charge is -2.10. The van der Waals surface area contributed by atoms with E-state index in [2.05, 4.69) is 26.2 Å². The summed E-state index contributed by atoms with van der Waals surface area (Å²) < 4.78 is 37.1. The first-order chi connectivity index (χ1) is 7.34. The van der Waals surface area contributed by atoms with Gasteiger partial charge >= 0.3 is 6.18 Å². The Morgan fingerprint density at radius 2 is 2.12 bits per heavy atom. The van der Waals surface area contributed by atoms with Crippen LogP contribution in [-0.4, -0.2) is 16.8 Å². The Balaban J connectivity index is 3.03. The lowest BCUT2D eigenvalue weighted by atomic mass is 10.3. The van der Waals surface area contributed by atoms with Gasteiger partial charge in [-0.3, -0.25) is 4.79 Å². The van der Waals surface area contributed by atoms with E-state index in [0.717, 1.165) is 6.07 Å². The first-order valence-corrected chi connectivity index (χ1v) is 5.27. The van der Waals surface area contributed by atoms with E-state index in [9.17, 15) is 18.0 Å². The molecule has 8 heteroatoms. The van der Waals surface area contributed by atoms with Gasteiger partial charge < -0.3 is 5.32 Å². The number of alkyl halides is 4. The number of aromatic nitrogens is 1. The second-order valence-electron chi connectivity index (χ2n) is 2.71. The molecule has 1 rings (SSSR count). The second kappa shape index (κ2) is 5.01. The molecule has 0 saturated heterocycles. The Kier molecular flexibility index (Phi) is 4.15. The van der Waals surface area contributed by atoms with Crippen molar-refractivity contribution in [2.75, 3.05) is 11.2 Å². The number of rotatable bonds is 2. The molecule has 0 fully saturated rings. The average molecular weight is 317 g/mol. The molecule has 3 nitrogen and oxygen atoms in total. The van der Waals surface area contributed by atoms with Crippen molar-refractivity contribution in [1.29, 1.82) is 0 Å². The molecule has 0 unspecified atom stereocenters. The maximum atomic E-state index is 12.4. The highest BCUT2D eigenvalue weighted by molar-refractivity contribution is 9.10. The van der Waals surface area contributed by atoms with Crippen LogP contribution in [0.3, 0.4) is 0 Å². The SMILES string of the molecule is O=C(CCl)Nc1ccc(Br)c(C(F)(F)F)n1. The van der Waals surface area contributed by atoms with Crippen molar-refractivity contribution >= 4 is 39.3 Å². The molecule has 1 aromatic rings. The first kappa shape index (κ1) is 13.2. The second-order valence-corrected chi connectivity index (χ2v) is 3.83. The largest absolute Gasteiger partial charge is 0.434 e. The minimum atomic E-state index is -4.58. The topological polar surface area (TPSA) is 42.0 Å². The lowest BCUT2D eigenvalue weighted by Crippen LogP contribution is -2.16. The molecule has 0 aliphatic rings. The summed E-state index contributed by atoms with van der Waals surface area (Å²) in [4.78, 5) is 14.1. The molecule has 0 bridgehead atoms. The number of pyridine rings is 1. The number of carbonyl (C=O) groups excluding carboxylic acids is 1. The summed E-state index contributed by atoms with van der Waals surface area (Å²) in [5, 5.41) is 2.13. The minimum Gasteiger partial charge on any atom is -0.310 e. The van der Waals surface area contributed by atoms with Crippen LogP contribution in [0.5, 0.6) is 0 Å². The van der Waals surface area contributed by atoms with Crippen LogP contribution in [0.1, 0.15) is 5.69 Å². The molecule has 1 N–H and O–H groups in total. The normalized spacial score (nSPS) is 11.3. The quantitative estimate of drug-likeness (QED) is 0.852. The molecule has 0 aliphatic carbocycles. The van der Waals surface area contributed by atoms with Gasteiger partial charge in [0.2, 0.25) is 5.91 Å². The first-order valence-electron chi connectivity index (χ1n) is 3.94. The van der Waals surface area contributed by atoms with Gasteiger partial charge in [-0.1, -0.05) is 0 Å². The summed E-state index contributed by atoms with van der Waals surface area (Å²) in [5.74, 6) is -1.16. The summed E-state index contributed by atoms with van der Waals surface area (Å²) in [5.41, 5.74) is -1.10. The number of amides is 1.